The number of hydrogen-bond acceptors (Lipinski definition) is 3. The van der Waals surface area contributed by atoms with Crippen LogP contribution in [0.2, 0.25) is 0 Å². The van der Waals surface area contributed by atoms with Crippen LogP contribution >= 0.6 is 0 Å². The largest absolute Gasteiger partial charge is 0.328 e. The van der Waals surface area contributed by atoms with Gasteiger partial charge in [0, 0.05) is 11.0 Å². The lowest BCUT2D eigenvalue weighted by Gasteiger charge is -2.37. The number of hydrogen-bond donors (Lipinski definition) is 2. The lowest BCUT2D eigenvalue weighted by atomic mass is 9.74. The van der Waals surface area contributed by atoms with Crippen molar-refractivity contribution in [2.75, 3.05) is 0 Å². The summed E-state index contributed by atoms with van der Waals surface area (Å²) in [6.07, 6.45) is 7.44. The Morgan fingerprint density at radius 1 is 1.12 bits per heavy atom. The van der Waals surface area contributed by atoms with Gasteiger partial charge in [0.2, 0.25) is 5.91 Å². The van der Waals surface area contributed by atoms with E-state index < -0.39 is 5.91 Å². The Bertz CT molecular complexity index is 694. The molecule has 4 rings (SSSR count). The first-order valence-corrected chi connectivity index (χ1v) is 8.96. The number of carbonyl (C=O) groups excluding carboxylic acids is 2. The summed E-state index contributed by atoms with van der Waals surface area (Å²) in [4.78, 5) is 27.1. The van der Waals surface area contributed by atoms with Gasteiger partial charge in [0.15, 0.2) is 0 Å². The van der Waals surface area contributed by atoms with E-state index in [1.807, 2.05) is 12.1 Å². The van der Waals surface area contributed by atoms with Crippen molar-refractivity contribution in [2.24, 2.45) is 5.41 Å². The van der Waals surface area contributed by atoms with Gasteiger partial charge in [-0.05, 0) is 48.9 Å². The summed E-state index contributed by atoms with van der Waals surface area (Å²) >= 11 is 0. The van der Waals surface area contributed by atoms with Gasteiger partial charge in [-0.1, -0.05) is 32.3 Å². The van der Waals surface area contributed by atoms with Crippen molar-refractivity contribution >= 4 is 11.8 Å². The molecule has 5 heteroatoms. The topological polar surface area (TPSA) is 69.6 Å². The van der Waals surface area contributed by atoms with Crippen LogP contribution in [0.5, 0.6) is 0 Å². The Hall–Kier alpha value is -1.88. The second-order valence-corrected chi connectivity index (χ2v) is 7.73. The van der Waals surface area contributed by atoms with Crippen molar-refractivity contribution in [3.05, 3.63) is 34.9 Å². The third-order valence-corrected chi connectivity index (χ3v) is 6.26. The minimum atomic E-state index is -0.502. The molecule has 0 spiro atoms. The Labute approximate surface area is 142 Å². The van der Waals surface area contributed by atoms with E-state index in [2.05, 4.69) is 11.8 Å². The molecule has 24 heavy (non-hydrogen) atoms. The van der Waals surface area contributed by atoms with Crippen molar-refractivity contribution in [2.45, 2.75) is 64.0 Å². The zero-order chi connectivity index (χ0) is 16.9. The Kier molecular flexibility index (Phi) is 3.64. The number of amides is 2. The molecule has 2 heterocycles. The molecule has 2 aliphatic heterocycles. The van der Waals surface area contributed by atoms with Gasteiger partial charge in [-0.3, -0.25) is 14.8 Å². The molecule has 1 aliphatic carbocycles. The van der Waals surface area contributed by atoms with Gasteiger partial charge >= 0.3 is 0 Å². The van der Waals surface area contributed by atoms with E-state index >= 15 is 0 Å². The molecule has 2 atom stereocenters. The fraction of sp³-hybridized carbons (Fsp3) is 0.579. The van der Waals surface area contributed by atoms with E-state index in [1.165, 1.54) is 12.0 Å². The van der Waals surface area contributed by atoms with E-state index in [9.17, 15) is 9.59 Å². The van der Waals surface area contributed by atoms with Crippen molar-refractivity contribution in [1.29, 1.82) is 0 Å². The second-order valence-electron chi connectivity index (χ2n) is 7.73. The van der Waals surface area contributed by atoms with Gasteiger partial charge in [0.05, 0.1) is 12.1 Å². The van der Waals surface area contributed by atoms with Crippen LogP contribution in [0.3, 0.4) is 0 Å². The summed E-state index contributed by atoms with van der Waals surface area (Å²) in [6, 6.07) is 5.77. The maximum absolute atomic E-state index is 13.3. The fourth-order valence-corrected chi connectivity index (χ4v) is 4.94. The Morgan fingerprint density at radius 3 is 2.46 bits per heavy atom. The molecule has 1 saturated carbocycles. The van der Waals surface area contributed by atoms with Crippen LogP contribution in [0, 0.1) is 5.41 Å². The summed E-state index contributed by atoms with van der Waals surface area (Å²) < 4.78 is 0. The van der Waals surface area contributed by atoms with Crippen LogP contribution < -0.4 is 5.48 Å². The highest BCUT2D eigenvalue weighted by atomic mass is 16.5. The molecular weight excluding hydrogens is 304 g/mol. The van der Waals surface area contributed by atoms with Crippen LogP contribution in [0.25, 0.3) is 0 Å². The molecule has 1 unspecified atom stereocenters. The van der Waals surface area contributed by atoms with Crippen LogP contribution in [0.4, 0.5) is 0 Å². The minimum Gasteiger partial charge on any atom is -0.328 e. The number of hydroxylamine groups is 1. The molecule has 5 nitrogen and oxygen atoms in total. The molecule has 2 N–H and O–H groups in total. The number of rotatable bonds is 2. The lowest BCUT2D eigenvalue weighted by molar-refractivity contribution is -0.145. The molecule has 1 saturated heterocycles. The van der Waals surface area contributed by atoms with Gasteiger partial charge in [-0.15, -0.1) is 0 Å². The van der Waals surface area contributed by atoms with Crippen LogP contribution in [0.1, 0.15) is 85.4 Å². The summed E-state index contributed by atoms with van der Waals surface area (Å²) in [5.74, 6) is -0.211. The standard InChI is InChI=1S/C19H24N2O3/c1-19(9-3-2-4-10-19)18(23)21-15-7-8-16(21)14-11-12(17(22)20-24)5-6-13(14)15/h5-6,11,15-16,24H,2-4,7-10H2,1H3,(H,20,22)/t15-,16?/m1/s1. The third-order valence-electron chi connectivity index (χ3n) is 6.26. The van der Waals surface area contributed by atoms with Crippen molar-refractivity contribution in [1.82, 2.24) is 10.4 Å². The first-order valence-electron chi connectivity index (χ1n) is 8.96. The van der Waals surface area contributed by atoms with Gasteiger partial charge in [-0.2, -0.15) is 0 Å². The van der Waals surface area contributed by atoms with E-state index in [0.717, 1.165) is 44.1 Å². The van der Waals surface area contributed by atoms with Gasteiger partial charge in [0.25, 0.3) is 5.91 Å². The predicted octanol–water partition coefficient (Wildman–Crippen LogP) is 3.49. The third kappa shape index (κ3) is 2.18. The molecule has 3 aliphatic rings. The van der Waals surface area contributed by atoms with E-state index in [4.69, 9.17) is 5.21 Å². The van der Waals surface area contributed by atoms with E-state index in [1.54, 1.807) is 11.5 Å². The van der Waals surface area contributed by atoms with Crippen molar-refractivity contribution in [3.8, 4) is 0 Å². The fourth-order valence-electron chi connectivity index (χ4n) is 4.94. The normalized spacial score (nSPS) is 27.0. The van der Waals surface area contributed by atoms with E-state index in [0.29, 0.717) is 11.5 Å². The quantitative estimate of drug-likeness (QED) is 0.645. The maximum Gasteiger partial charge on any atom is 0.274 e. The van der Waals surface area contributed by atoms with Crippen molar-refractivity contribution in [3.63, 3.8) is 0 Å². The average molecular weight is 328 g/mol. The number of benzene rings is 1. The molecule has 2 amide bonds. The predicted molar refractivity (Wildman–Crippen MR) is 88.4 cm³/mol. The zero-order valence-electron chi connectivity index (χ0n) is 14.0. The van der Waals surface area contributed by atoms with Crippen LogP contribution in [0.15, 0.2) is 18.2 Å². The molecule has 0 aromatic heterocycles. The molecule has 2 bridgehead atoms. The Balaban J connectivity index is 1.66. The smallest absolute Gasteiger partial charge is 0.274 e. The average Bonchev–Trinajstić information content (AvgIpc) is 3.17. The number of fused-ring (bicyclic) bond motifs is 5. The lowest BCUT2D eigenvalue weighted by Crippen LogP contribution is -2.42. The second kappa shape index (κ2) is 5.59. The zero-order valence-corrected chi connectivity index (χ0v) is 14.0. The highest BCUT2D eigenvalue weighted by molar-refractivity contribution is 5.94. The molecule has 1 aromatic carbocycles. The molecular formula is C19H24N2O3. The number of carbonyl (C=O) groups is 2. The Morgan fingerprint density at radius 2 is 1.79 bits per heavy atom. The monoisotopic (exact) mass is 328 g/mol. The molecule has 128 valence electrons. The maximum atomic E-state index is 13.3. The van der Waals surface area contributed by atoms with E-state index in [-0.39, 0.29) is 17.5 Å². The minimum absolute atomic E-state index is 0.0858. The highest BCUT2D eigenvalue weighted by Crippen LogP contribution is 2.55. The summed E-state index contributed by atoms with van der Waals surface area (Å²) in [5, 5.41) is 8.85. The van der Waals surface area contributed by atoms with Crippen LogP contribution in [-0.2, 0) is 4.79 Å². The number of nitrogens with one attached hydrogen (secondary N) is 1. The highest BCUT2D eigenvalue weighted by Gasteiger charge is 2.50. The SMILES string of the molecule is CC1(C(=O)N2C3CC[C@@H]2c2ccc(C(=O)NO)cc23)CCCCC1. The van der Waals surface area contributed by atoms with Gasteiger partial charge in [-0.25, -0.2) is 5.48 Å². The van der Waals surface area contributed by atoms with Crippen LogP contribution in [-0.4, -0.2) is 21.9 Å². The van der Waals surface area contributed by atoms with Gasteiger partial charge < -0.3 is 4.90 Å². The summed E-state index contributed by atoms with van der Waals surface area (Å²) in [7, 11) is 0. The summed E-state index contributed by atoms with van der Waals surface area (Å²) in [5.41, 5.74) is 4.16. The molecule has 2 fully saturated rings. The summed E-state index contributed by atoms with van der Waals surface area (Å²) in [6.45, 7) is 2.13. The first-order chi connectivity index (χ1) is 11.5. The first kappa shape index (κ1) is 15.6. The molecule has 1 aromatic rings. The van der Waals surface area contributed by atoms with Gasteiger partial charge in [0.1, 0.15) is 0 Å². The number of nitrogens with zero attached hydrogens (tertiary/aromatic N) is 1. The molecule has 0 radical (unpaired) electrons. The van der Waals surface area contributed by atoms with Crippen molar-refractivity contribution < 1.29 is 14.8 Å².